The van der Waals surface area contributed by atoms with E-state index in [4.69, 9.17) is 16.7 Å². The molecule has 0 spiro atoms. The van der Waals surface area contributed by atoms with Crippen molar-refractivity contribution >= 4 is 17.6 Å². The molecule has 0 rings (SSSR count). The van der Waals surface area contributed by atoms with Crippen molar-refractivity contribution in [3.63, 3.8) is 0 Å². The third-order valence-corrected chi connectivity index (χ3v) is 0.933. The highest BCUT2D eigenvalue weighted by Gasteiger charge is 2.12. The van der Waals surface area contributed by atoms with Crippen LogP contribution in [0.4, 0.5) is 0 Å². The smallest absolute Gasteiger partial charge is 0.326 e. The Morgan fingerprint density at radius 2 is 2.50 bits per heavy atom. The summed E-state index contributed by atoms with van der Waals surface area (Å²) in [5, 5.41) is 7.29. The van der Waals surface area contributed by atoms with Crippen LogP contribution in [-0.2, 0) is 9.53 Å². The van der Waals surface area contributed by atoms with Gasteiger partial charge in [-0.05, 0) is 0 Å². The summed E-state index contributed by atoms with van der Waals surface area (Å²) in [5.74, 6) is -0.603. The highest BCUT2D eigenvalue weighted by Crippen LogP contribution is 1.94. The molecule has 1 N–H and O–H groups in total. The van der Waals surface area contributed by atoms with E-state index in [1.165, 1.54) is 7.11 Å². The summed E-state index contributed by atoms with van der Waals surface area (Å²) in [6.07, 6.45) is 0. The van der Waals surface area contributed by atoms with Gasteiger partial charge in [-0.15, -0.1) is 11.6 Å². The van der Waals surface area contributed by atoms with Crippen molar-refractivity contribution in [2.75, 3.05) is 13.7 Å². The first-order valence-corrected chi connectivity index (χ1v) is 2.48. The van der Waals surface area contributed by atoms with Crippen LogP contribution in [0.3, 0.4) is 0 Å². The predicted octanol–water partition coefficient (Wildman–Crippen LogP) is -0.241. The van der Waals surface area contributed by atoms with Crippen molar-refractivity contribution in [2.24, 2.45) is 0 Å². The summed E-state index contributed by atoms with van der Waals surface area (Å²) in [6, 6.07) is 0. The second-order valence-electron chi connectivity index (χ2n) is 1.17. The summed E-state index contributed by atoms with van der Waals surface area (Å²) < 4.78 is 4.17. The van der Waals surface area contributed by atoms with Crippen molar-refractivity contribution < 1.29 is 14.6 Å². The van der Waals surface area contributed by atoms with Gasteiger partial charge in [0, 0.05) is 0 Å². The summed E-state index contributed by atoms with van der Waals surface area (Å²) in [6.45, 7) is -0.381. The fourth-order valence-corrected chi connectivity index (χ4v) is 0.291. The quantitative estimate of drug-likeness (QED) is 0.423. The van der Waals surface area contributed by atoms with E-state index in [2.05, 4.69) is 4.74 Å². The van der Waals surface area contributed by atoms with Crippen molar-refractivity contribution in [3.05, 3.63) is 0 Å². The van der Waals surface area contributed by atoms with Gasteiger partial charge in [0.1, 0.15) is 0 Å². The summed E-state index contributed by atoms with van der Waals surface area (Å²) in [4.78, 5) is 10.2. The lowest BCUT2D eigenvalue weighted by molar-refractivity contribution is -0.140. The maximum Gasteiger partial charge on any atom is 0.326 e. The zero-order chi connectivity index (χ0) is 6.57. The molecule has 0 saturated carbocycles. The number of alkyl halides is 1. The van der Waals surface area contributed by atoms with Crippen LogP contribution >= 0.6 is 11.6 Å². The molecule has 0 radical (unpaired) electrons. The number of ether oxygens (including phenoxy) is 1. The third kappa shape index (κ3) is 2.14. The van der Waals surface area contributed by atoms with E-state index in [1.807, 2.05) is 0 Å². The Hall–Kier alpha value is -0.280. The number of hydrogen-bond donors (Lipinski definition) is 1. The minimum Gasteiger partial charge on any atom is -0.468 e. The molecule has 4 heteroatoms. The van der Waals surface area contributed by atoms with Crippen molar-refractivity contribution in [1.82, 2.24) is 0 Å². The van der Waals surface area contributed by atoms with Gasteiger partial charge in [0.05, 0.1) is 13.7 Å². The molecule has 0 heterocycles. The van der Waals surface area contributed by atoms with Crippen LogP contribution in [0.1, 0.15) is 0 Å². The minimum atomic E-state index is -0.917. The average molecular weight is 139 g/mol. The summed E-state index contributed by atoms with van der Waals surface area (Å²) >= 11 is 5.19. The standard InChI is InChI=1S/C4H7ClO3/c1-8-4(7)3(5)2-6/h3,6H,2H2,1H3. The summed E-state index contributed by atoms with van der Waals surface area (Å²) in [5.41, 5.74) is 0. The van der Waals surface area contributed by atoms with Gasteiger partial charge in [0.25, 0.3) is 0 Å². The zero-order valence-electron chi connectivity index (χ0n) is 4.43. The maximum atomic E-state index is 10.2. The molecule has 8 heavy (non-hydrogen) atoms. The Morgan fingerprint density at radius 1 is 2.00 bits per heavy atom. The van der Waals surface area contributed by atoms with Crippen LogP contribution in [0, 0.1) is 0 Å². The molecule has 0 fully saturated rings. The van der Waals surface area contributed by atoms with Crippen molar-refractivity contribution in [3.8, 4) is 0 Å². The molecule has 1 atom stereocenters. The zero-order valence-corrected chi connectivity index (χ0v) is 5.18. The first-order valence-electron chi connectivity index (χ1n) is 2.05. The van der Waals surface area contributed by atoms with E-state index in [0.717, 1.165) is 0 Å². The van der Waals surface area contributed by atoms with Crippen LogP contribution in [0.5, 0.6) is 0 Å². The Labute approximate surface area is 52.2 Å². The monoisotopic (exact) mass is 138 g/mol. The Balaban J connectivity index is 3.46. The number of carbonyl (C=O) groups is 1. The number of carbonyl (C=O) groups excluding carboxylic acids is 1. The van der Waals surface area contributed by atoms with Crippen LogP contribution in [-0.4, -0.2) is 30.2 Å². The molecule has 0 aliphatic rings. The molecule has 0 amide bonds. The van der Waals surface area contributed by atoms with Crippen molar-refractivity contribution in [2.45, 2.75) is 5.38 Å². The lowest BCUT2D eigenvalue weighted by Gasteiger charge is -1.99. The molecule has 0 aliphatic carbocycles. The maximum absolute atomic E-state index is 10.2. The van der Waals surface area contributed by atoms with Gasteiger partial charge in [0.2, 0.25) is 0 Å². The largest absolute Gasteiger partial charge is 0.468 e. The van der Waals surface area contributed by atoms with E-state index in [9.17, 15) is 4.79 Å². The second kappa shape index (κ2) is 3.69. The van der Waals surface area contributed by atoms with Gasteiger partial charge in [-0.1, -0.05) is 0 Å². The Bertz CT molecular complexity index is 83.4. The highest BCUT2D eigenvalue weighted by atomic mass is 35.5. The fraction of sp³-hybridized carbons (Fsp3) is 0.750. The molecule has 3 nitrogen and oxygen atoms in total. The van der Waals surface area contributed by atoms with Gasteiger partial charge < -0.3 is 9.84 Å². The van der Waals surface area contributed by atoms with Gasteiger partial charge in [-0.25, -0.2) is 0 Å². The number of hydrogen-bond acceptors (Lipinski definition) is 3. The first kappa shape index (κ1) is 7.72. The van der Waals surface area contributed by atoms with E-state index in [-0.39, 0.29) is 6.61 Å². The third-order valence-electron chi connectivity index (χ3n) is 0.617. The molecule has 1 unspecified atom stereocenters. The van der Waals surface area contributed by atoms with Crippen LogP contribution in [0.2, 0.25) is 0 Å². The van der Waals surface area contributed by atoms with Gasteiger partial charge >= 0.3 is 5.97 Å². The first-order chi connectivity index (χ1) is 3.72. The second-order valence-corrected chi connectivity index (χ2v) is 1.70. The topological polar surface area (TPSA) is 46.5 Å². The SMILES string of the molecule is COC(=O)C(Cl)CO. The lowest BCUT2D eigenvalue weighted by Crippen LogP contribution is -2.19. The number of rotatable bonds is 2. The molecule has 0 saturated heterocycles. The minimum absolute atomic E-state index is 0.381. The van der Waals surface area contributed by atoms with Gasteiger partial charge in [0.15, 0.2) is 5.38 Å². The fourth-order valence-electron chi connectivity index (χ4n) is 0.202. The molecular weight excluding hydrogens is 131 g/mol. The Morgan fingerprint density at radius 3 is 2.62 bits per heavy atom. The normalized spacial score (nSPS) is 12.9. The number of aliphatic hydroxyl groups is 1. The summed E-state index contributed by atoms with van der Waals surface area (Å²) in [7, 11) is 1.22. The van der Waals surface area contributed by atoms with E-state index < -0.39 is 11.3 Å². The van der Waals surface area contributed by atoms with Gasteiger partial charge in [-0.3, -0.25) is 4.79 Å². The van der Waals surface area contributed by atoms with Crippen LogP contribution in [0.15, 0.2) is 0 Å². The molecule has 0 bridgehead atoms. The Kier molecular flexibility index (Phi) is 3.56. The molecule has 0 aromatic carbocycles. The number of aliphatic hydroxyl groups excluding tert-OH is 1. The van der Waals surface area contributed by atoms with Crippen LogP contribution < -0.4 is 0 Å². The molecule has 0 aromatic rings. The highest BCUT2D eigenvalue weighted by molar-refractivity contribution is 6.30. The lowest BCUT2D eigenvalue weighted by atomic mass is 10.5. The van der Waals surface area contributed by atoms with Gasteiger partial charge in [-0.2, -0.15) is 0 Å². The van der Waals surface area contributed by atoms with E-state index in [0.29, 0.717) is 0 Å². The van der Waals surface area contributed by atoms with E-state index in [1.54, 1.807) is 0 Å². The molecule has 0 aromatic heterocycles. The molecule has 48 valence electrons. The van der Waals surface area contributed by atoms with E-state index >= 15 is 0 Å². The van der Waals surface area contributed by atoms with Crippen LogP contribution in [0.25, 0.3) is 0 Å². The number of methoxy groups -OCH3 is 1. The number of halogens is 1. The van der Waals surface area contributed by atoms with Crippen molar-refractivity contribution in [1.29, 1.82) is 0 Å². The average Bonchev–Trinajstić information content (AvgIpc) is 1.84. The molecular formula is C4H7ClO3. The predicted molar refractivity (Wildman–Crippen MR) is 28.7 cm³/mol. The number of esters is 1. The molecule has 0 aliphatic heterocycles.